The lowest BCUT2D eigenvalue weighted by atomic mass is 10.0. The molecule has 1 rings (SSSR count). The molecular formula is C14H20O3. The van der Waals surface area contributed by atoms with Gasteiger partial charge in [-0.1, -0.05) is 25.1 Å². The molecule has 94 valence electrons. The van der Waals surface area contributed by atoms with Crippen LogP contribution in [-0.2, 0) is 15.9 Å². The van der Waals surface area contributed by atoms with E-state index >= 15 is 0 Å². The number of hydrogen-bond acceptors (Lipinski definition) is 3. The van der Waals surface area contributed by atoms with Crippen LogP contribution in [0, 0.1) is 0 Å². The minimum absolute atomic E-state index is 0.137. The second-order valence-electron chi connectivity index (χ2n) is 3.83. The number of methoxy groups -OCH3 is 1. The molecule has 0 spiro atoms. The van der Waals surface area contributed by atoms with Crippen molar-refractivity contribution in [2.45, 2.75) is 19.8 Å². The van der Waals surface area contributed by atoms with Gasteiger partial charge >= 0.3 is 0 Å². The molecule has 0 aliphatic rings. The van der Waals surface area contributed by atoms with Crippen molar-refractivity contribution in [2.24, 2.45) is 0 Å². The highest BCUT2D eigenvalue weighted by Crippen LogP contribution is 2.08. The maximum absolute atomic E-state index is 11.8. The molecule has 1 aromatic carbocycles. The third kappa shape index (κ3) is 5.11. The van der Waals surface area contributed by atoms with Crippen molar-refractivity contribution in [1.29, 1.82) is 0 Å². The number of hydrogen-bond donors (Lipinski definition) is 0. The van der Waals surface area contributed by atoms with Crippen molar-refractivity contribution >= 4 is 5.78 Å². The molecule has 0 unspecified atom stereocenters. The number of Topliss-reactive ketones (excluding diaryl/α,β-unsaturated/α-hetero) is 1. The zero-order chi connectivity index (χ0) is 12.5. The predicted molar refractivity (Wildman–Crippen MR) is 67.5 cm³/mol. The predicted octanol–water partition coefficient (Wildman–Crippen LogP) is 2.48. The molecule has 0 fully saturated rings. The number of ketones is 1. The Labute approximate surface area is 103 Å². The Bertz CT molecular complexity index is 347. The van der Waals surface area contributed by atoms with Gasteiger partial charge in [-0.15, -0.1) is 0 Å². The van der Waals surface area contributed by atoms with Crippen molar-refractivity contribution in [2.75, 3.05) is 26.9 Å². The second kappa shape index (κ2) is 7.98. The first-order valence-corrected chi connectivity index (χ1v) is 5.96. The van der Waals surface area contributed by atoms with Gasteiger partial charge in [0, 0.05) is 19.1 Å². The van der Waals surface area contributed by atoms with Crippen LogP contribution in [0.3, 0.4) is 0 Å². The first kappa shape index (κ1) is 13.9. The van der Waals surface area contributed by atoms with Gasteiger partial charge in [0.1, 0.15) is 0 Å². The molecule has 0 aliphatic carbocycles. The summed E-state index contributed by atoms with van der Waals surface area (Å²) in [6.07, 6.45) is 1.38. The zero-order valence-corrected chi connectivity index (χ0v) is 10.6. The first-order valence-electron chi connectivity index (χ1n) is 5.96. The van der Waals surface area contributed by atoms with E-state index in [1.165, 1.54) is 5.56 Å². The van der Waals surface area contributed by atoms with E-state index in [0.29, 0.717) is 26.2 Å². The van der Waals surface area contributed by atoms with Crippen molar-refractivity contribution in [3.8, 4) is 0 Å². The maximum atomic E-state index is 11.8. The number of aryl methyl sites for hydroxylation is 1. The van der Waals surface area contributed by atoms with Crippen LogP contribution in [-0.4, -0.2) is 32.7 Å². The largest absolute Gasteiger partial charge is 0.382 e. The van der Waals surface area contributed by atoms with Crippen molar-refractivity contribution < 1.29 is 14.3 Å². The maximum Gasteiger partial charge on any atom is 0.165 e. The fourth-order valence-electron chi connectivity index (χ4n) is 1.52. The second-order valence-corrected chi connectivity index (χ2v) is 3.83. The van der Waals surface area contributed by atoms with Gasteiger partial charge in [-0.2, -0.15) is 0 Å². The molecule has 0 N–H and O–H groups in total. The normalized spacial score (nSPS) is 10.5. The van der Waals surface area contributed by atoms with Crippen LogP contribution in [0.2, 0.25) is 0 Å². The summed E-state index contributed by atoms with van der Waals surface area (Å²) < 4.78 is 10.1. The lowest BCUT2D eigenvalue weighted by Gasteiger charge is -2.04. The standard InChI is InChI=1S/C14H20O3/c1-3-12-5-4-6-13(11-12)14(15)7-8-17-10-9-16-2/h4-6,11H,3,7-10H2,1-2H3. The third-order valence-corrected chi connectivity index (χ3v) is 2.56. The first-order chi connectivity index (χ1) is 8.27. The van der Waals surface area contributed by atoms with Crippen LogP contribution in [0.4, 0.5) is 0 Å². The molecule has 1 aromatic rings. The molecule has 17 heavy (non-hydrogen) atoms. The van der Waals surface area contributed by atoms with E-state index in [9.17, 15) is 4.79 Å². The van der Waals surface area contributed by atoms with E-state index in [-0.39, 0.29) is 5.78 Å². The summed E-state index contributed by atoms with van der Waals surface area (Å²) >= 11 is 0. The van der Waals surface area contributed by atoms with E-state index in [0.717, 1.165) is 12.0 Å². The van der Waals surface area contributed by atoms with Crippen molar-refractivity contribution in [1.82, 2.24) is 0 Å². The van der Waals surface area contributed by atoms with Gasteiger partial charge in [0.2, 0.25) is 0 Å². The summed E-state index contributed by atoms with van der Waals surface area (Å²) in [5.74, 6) is 0.137. The van der Waals surface area contributed by atoms with Crippen LogP contribution in [0.1, 0.15) is 29.3 Å². The fraction of sp³-hybridized carbons (Fsp3) is 0.500. The molecule has 0 heterocycles. The lowest BCUT2D eigenvalue weighted by Crippen LogP contribution is -2.08. The number of ether oxygens (including phenoxy) is 2. The SMILES string of the molecule is CCc1cccc(C(=O)CCOCCOC)c1. The van der Waals surface area contributed by atoms with Crippen LogP contribution in [0.25, 0.3) is 0 Å². The minimum Gasteiger partial charge on any atom is -0.382 e. The highest BCUT2D eigenvalue weighted by molar-refractivity contribution is 5.96. The Morgan fingerprint density at radius 2 is 2.06 bits per heavy atom. The molecule has 0 atom stereocenters. The Hall–Kier alpha value is -1.19. The monoisotopic (exact) mass is 236 g/mol. The van der Waals surface area contributed by atoms with Crippen molar-refractivity contribution in [3.63, 3.8) is 0 Å². The van der Waals surface area contributed by atoms with Gasteiger partial charge < -0.3 is 9.47 Å². The summed E-state index contributed by atoms with van der Waals surface area (Å²) in [6.45, 7) is 3.65. The van der Waals surface area contributed by atoms with E-state index in [1.54, 1.807) is 7.11 Å². The number of carbonyl (C=O) groups is 1. The van der Waals surface area contributed by atoms with Crippen LogP contribution < -0.4 is 0 Å². The zero-order valence-electron chi connectivity index (χ0n) is 10.6. The summed E-state index contributed by atoms with van der Waals surface area (Å²) in [5.41, 5.74) is 1.97. The van der Waals surface area contributed by atoms with Gasteiger partial charge in [0.25, 0.3) is 0 Å². The van der Waals surface area contributed by atoms with Gasteiger partial charge in [0.05, 0.1) is 19.8 Å². The number of benzene rings is 1. The fourth-order valence-corrected chi connectivity index (χ4v) is 1.52. The summed E-state index contributed by atoms with van der Waals surface area (Å²) in [4.78, 5) is 11.8. The van der Waals surface area contributed by atoms with E-state index < -0.39 is 0 Å². The molecule has 3 heteroatoms. The lowest BCUT2D eigenvalue weighted by molar-refractivity contribution is 0.0641. The van der Waals surface area contributed by atoms with Gasteiger partial charge in [-0.25, -0.2) is 0 Å². The van der Waals surface area contributed by atoms with Gasteiger partial charge in [0.15, 0.2) is 5.78 Å². The summed E-state index contributed by atoms with van der Waals surface area (Å²) in [5, 5.41) is 0. The Morgan fingerprint density at radius 3 is 2.76 bits per heavy atom. The molecule has 0 aromatic heterocycles. The highest BCUT2D eigenvalue weighted by atomic mass is 16.5. The van der Waals surface area contributed by atoms with E-state index in [4.69, 9.17) is 9.47 Å². The van der Waals surface area contributed by atoms with E-state index in [1.807, 2.05) is 24.3 Å². The average Bonchev–Trinajstić information content (AvgIpc) is 2.38. The highest BCUT2D eigenvalue weighted by Gasteiger charge is 2.05. The molecular weight excluding hydrogens is 216 g/mol. The van der Waals surface area contributed by atoms with Crippen LogP contribution in [0.15, 0.2) is 24.3 Å². The quantitative estimate of drug-likeness (QED) is 0.514. The van der Waals surface area contributed by atoms with Gasteiger partial charge in [-0.05, 0) is 18.1 Å². The minimum atomic E-state index is 0.137. The molecule has 0 saturated carbocycles. The summed E-state index contributed by atoms with van der Waals surface area (Å²) in [7, 11) is 1.63. The number of rotatable bonds is 8. The molecule has 0 amide bonds. The molecule has 0 saturated heterocycles. The smallest absolute Gasteiger partial charge is 0.165 e. The molecule has 0 bridgehead atoms. The number of carbonyl (C=O) groups excluding carboxylic acids is 1. The van der Waals surface area contributed by atoms with Crippen LogP contribution in [0.5, 0.6) is 0 Å². The van der Waals surface area contributed by atoms with Crippen LogP contribution >= 0.6 is 0 Å². The molecule has 0 aliphatic heterocycles. The molecule has 0 radical (unpaired) electrons. The Balaban J connectivity index is 2.36. The van der Waals surface area contributed by atoms with Gasteiger partial charge in [-0.3, -0.25) is 4.79 Å². The van der Waals surface area contributed by atoms with E-state index in [2.05, 4.69) is 6.92 Å². The third-order valence-electron chi connectivity index (χ3n) is 2.56. The van der Waals surface area contributed by atoms with Crippen molar-refractivity contribution in [3.05, 3.63) is 35.4 Å². The topological polar surface area (TPSA) is 35.5 Å². The Kier molecular flexibility index (Phi) is 6.51. The molecule has 3 nitrogen and oxygen atoms in total. The Morgan fingerprint density at radius 1 is 1.24 bits per heavy atom. The summed E-state index contributed by atoms with van der Waals surface area (Å²) in [6, 6.07) is 7.78. The average molecular weight is 236 g/mol.